The molecule has 0 fully saturated rings. The van der Waals surface area contributed by atoms with Crippen LogP contribution < -0.4 is 0 Å². The molecule has 2 nitrogen and oxygen atoms in total. The molecular weight excluding hydrogens is 532 g/mol. The molecule has 0 unspecified atom stereocenters. The van der Waals surface area contributed by atoms with Crippen molar-refractivity contribution >= 4 is 43.6 Å². The van der Waals surface area contributed by atoms with E-state index in [1.165, 1.54) is 71.6 Å². The third kappa shape index (κ3) is 3.75. The van der Waals surface area contributed by atoms with Crippen LogP contribution in [0.15, 0.2) is 170 Å². The number of para-hydroxylation sites is 3. The molecule has 2 aromatic heterocycles. The van der Waals surface area contributed by atoms with Gasteiger partial charge in [-0.3, -0.25) is 0 Å². The number of aromatic nitrogens is 2. The lowest BCUT2D eigenvalue weighted by atomic mass is 9.96. The molecule has 7 aromatic carbocycles. The number of benzene rings is 7. The number of hydrogen-bond acceptors (Lipinski definition) is 0. The molecular formula is C42H28N2. The molecule has 0 radical (unpaired) electrons. The molecule has 2 heterocycles. The van der Waals surface area contributed by atoms with Gasteiger partial charge in [0.1, 0.15) is 0 Å². The van der Waals surface area contributed by atoms with E-state index in [9.17, 15) is 0 Å². The third-order valence-corrected chi connectivity index (χ3v) is 8.91. The summed E-state index contributed by atoms with van der Waals surface area (Å²) in [6.07, 6.45) is 0. The van der Waals surface area contributed by atoms with E-state index < -0.39 is 0 Å². The fourth-order valence-electron chi connectivity index (χ4n) is 6.97. The van der Waals surface area contributed by atoms with Gasteiger partial charge in [0.2, 0.25) is 0 Å². The SMILES string of the molecule is c1ccc(-c2ccc3c(c2)c2c(-c4ccc5c6ccccc6n(-c6ccccc6)c5c4)cccc2n3-c2ccccc2)cc1. The lowest BCUT2D eigenvalue weighted by molar-refractivity contribution is 1.18. The maximum atomic E-state index is 2.41. The number of hydrogen-bond donors (Lipinski definition) is 0. The summed E-state index contributed by atoms with van der Waals surface area (Å²) in [5, 5.41) is 5.05. The van der Waals surface area contributed by atoms with Crippen molar-refractivity contribution < 1.29 is 0 Å². The smallest absolute Gasteiger partial charge is 0.0547 e. The second-order valence-electron chi connectivity index (χ2n) is 11.4. The van der Waals surface area contributed by atoms with Crippen molar-refractivity contribution in [3.63, 3.8) is 0 Å². The molecule has 0 bridgehead atoms. The van der Waals surface area contributed by atoms with E-state index in [0.717, 1.165) is 5.69 Å². The zero-order valence-corrected chi connectivity index (χ0v) is 24.1. The first-order valence-corrected chi connectivity index (χ1v) is 15.1. The van der Waals surface area contributed by atoms with Crippen molar-refractivity contribution in [3.8, 4) is 33.6 Å². The lowest BCUT2D eigenvalue weighted by Gasteiger charge is -2.10. The highest BCUT2D eigenvalue weighted by Gasteiger charge is 2.19. The number of nitrogens with zero attached hydrogens (tertiary/aromatic N) is 2. The van der Waals surface area contributed by atoms with Gasteiger partial charge in [0.15, 0.2) is 0 Å². The van der Waals surface area contributed by atoms with Crippen LogP contribution >= 0.6 is 0 Å². The molecule has 0 saturated heterocycles. The summed E-state index contributed by atoms with van der Waals surface area (Å²) in [5.74, 6) is 0. The van der Waals surface area contributed by atoms with Gasteiger partial charge < -0.3 is 9.13 Å². The molecule has 0 amide bonds. The molecule has 0 N–H and O–H groups in total. The second kappa shape index (κ2) is 9.86. The van der Waals surface area contributed by atoms with Gasteiger partial charge in [-0.25, -0.2) is 0 Å². The van der Waals surface area contributed by atoms with Crippen LogP contribution in [-0.4, -0.2) is 9.13 Å². The summed E-state index contributed by atoms with van der Waals surface area (Å²) >= 11 is 0. The van der Waals surface area contributed by atoms with Crippen LogP contribution in [0.5, 0.6) is 0 Å². The van der Waals surface area contributed by atoms with Gasteiger partial charge in [-0.15, -0.1) is 0 Å². The Hall–Kier alpha value is -5.86. The third-order valence-electron chi connectivity index (χ3n) is 8.91. The Morgan fingerprint density at radius 3 is 1.61 bits per heavy atom. The topological polar surface area (TPSA) is 9.86 Å². The predicted octanol–water partition coefficient (Wildman–Crippen LogP) is 11.2. The summed E-state index contributed by atoms with van der Waals surface area (Å²) < 4.78 is 4.80. The fourth-order valence-corrected chi connectivity index (χ4v) is 6.97. The van der Waals surface area contributed by atoms with E-state index in [1.807, 2.05) is 0 Å². The zero-order chi connectivity index (χ0) is 29.0. The molecule has 9 rings (SSSR count). The number of fused-ring (bicyclic) bond motifs is 6. The van der Waals surface area contributed by atoms with Crippen molar-refractivity contribution in [1.29, 1.82) is 0 Å². The lowest BCUT2D eigenvalue weighted by Crippen LogP contribution is -1.94. The monoisotopic (exact) mass is 560 g/mol. The van der Waals surface area contributed by atoms with Crippen molar-refractivity contribution in [1.82, 2.24) is 9.13 Å². The first-order chi connectivity index (χ1) is 21.8. The largest absolute Gasteiger partial charge is 0.309 e. The molecule has 0 atom stereocenters. The highest BCUT2D eigenvalue weighted by atomic mass is 15.0. The van der Waals surface area contributed by atoms with Gasteiger partial charge in [0.05, 0.1) is 22.1 Å². The second-order valence-corrected chi connectivity index (χ2v) is 11.4. The Morgan fingerprint density at radius 2 is 0.864 bits per heavy atom. The summed E-state index contributed by atoms with van der Waals surface area (Å²) in [6.45, 7) is 0. The van der Waals surface area contributed by atoms with E-state index in [1.54, 1.807) is 0 Å². The van der Waals surface area contributed by atoms with E-state index in [4.69, 9.17) is 0 Å². The van der Waals surface area contributed by atoms with Crippen LogP contribution in [0, 0.1) is 0 Å². The van der Waals surface area contributed by atoms with Crippen LogP contribution in [0.4, 0.5) is 0 Å². The van der Waals surface area contributed by atoms with Crippen molar-refractivity contribution in [2.75, 3.05) is 0 Å². The summed E-state index contributed by atoms with van der Waals surface area (Å²) in [7, 11) is 0. The van der Waals surface area contributed by atoms with Crippen molar-refractivity contribution in [2.24, 2.45) is 0 Å². The highest BCUT2D eigenvalue weighted by molar-refractivity contribution is 6.17. The average Bonchev–Trinajstić information content (AvgIpc) is 3.61. The van der Waals surface area contributed by atoms with Gasteiger partial charge in [0, 0.05) is 32.9 Å². The van der Waals surface area contributed by atoms with Crippen LogP contribution in [-0.2, 0) is 0 Å². The molecule has 206 valence electrons. The molecule has 0 saturated carbocycles. The van der Waals surface area contributed by atoms with E-state index in [-0.39, 0.29) is 0 Å². The Balaban J connectivity index is 1.37. The van der Waals surface area contributed by atoms with E-state index in [2.05, 4.69) is 179 Å². The Morgan fingerprint density at radius 1 is 0.295 bits per heavy atom. The molecule has 0 aliphatic carbocycles. The summed E-state index contributed by atoms with van der Waals surface area (Å²) in [6, 6.07) is 61.4. The molecule has 44 heavy (non-hydrogen) atoms. The average molecular weight is 561 g/mol. The van der Waals surface area contributed by atoms with Crippen LogP contribution in [0.3, 0.4) is 0 Å². The van der Waals surface area contributed by atoms with Gasteiger partial charge in [-0.1, -0.05) is 115 Å². The van der Waals surface area contributed by atoms with E-state index in [0.29, 0.717) is 0 Å². The van der Waals surface area contributed by atoms with Crippen molar-refractivity contribution in [3.05, 3.63) is 170 Å². The van der Waals surface area contributed by atoms with Gasteiger partial charge in [0.25, 0.3) is 0 Å². The van der Waals surface area contributed by atoms with Crippen LogP contribution in [0.2, 0.25) is 0 Å². The Kier molecular flexibility index (Phi) is 5.54. The quantitative estimate of drug-likeness (QED) is 0.203. The predicted molar refractivity (Wildman–Crippen MR) is 186 cm³/mol. The normalized spacial score (nSPS) is 11.6. The molecule has 2 heteroatoms. The first kappa shape index (κ1) is 24.7. The molecule has 0 aliphatic heterocycles. The van der Waals surface area contributed by atoms with Gasteiger partial charge >= 0.3 is 0 Å². The summed E-state index contributed by atoms with van der Waals surface area (Å²) in [4.78, 5) is 0. The standard InChI is InChI=1S/C42H28N2/c1-4-13-29(14-5-1)30-24-26-39-37(27-30)42-34(20-12-22-40(42)43(39)32-15-6-2-7-16-32)31-23-25-36-35-19-10-11-21-38(35)44(41(36)28-31)33-17-8-3-9-18-33/h1-28H. The van der Waals surface area contributed by atoms with Crippen LogP contribution in [0.1, 0.15) is 0 Å². The fraction of sp³-hybridized carbons (Fsp3) is 0. The minimum absolute atomic E-state index is 1.16. The minimum Gasteiger partial charge on any atom is -0.309 e. The Bertz CT molecular complexity index is 2470. The van der Waals surface area contributed by atoms with E-state index >= 15 is 0 Å². The zero-order valence-electron chi connectivity index (χ0n) is 24.1. The minimum atomic E-state index is 1.16. The van der Waals surface area contributed by atoms with Gasteiger partial charge in [-0.05, 0) is 76.9 Å². The molecule has 0 spiro atoms. The maximum Gasteiger partial charge on any atom is 0.0547 e. The number of rotatable bonds is 4. The molecule has 9 aromatic rings. The first-order valence-electron chi connectivity index (χ1n) is 15.1. The summed E-state index contributed by atoms with van der Waals surface area (Å²) in [5.41, 5.74) is 12.1. The highest BCUT2D eigenvalue weighted by Crippen LogP contribution is 2.42. The van der Waals surface area contributed by atoms with Crippen molar-refractivity contribution in [2.45, 2.75) is 0 Å². The maximum absolute atomic E-state index is 2.41. The van der Waals surface area contributed by atoms with Gasteiger partial charge in [-0.2, -0.15) is 0 Å². The van der Waals surface area contributed by atoms with Crippen LogP contribution in [0.25, 0.3) is 77.2 Å². The Labute approximate surface area is 255 Å². The molecule has 0 aliphatic rings.